The molecule has 3 atom stereocenters. The first kappa shape index (κ1) is 25.1. The highest BCUT2D eigenvalue weighted by atomic mass is 35.5. The summed E-state index contributed by atoms with van der Waals surface area (Å²) < 4.78 is 35.0. The fourth-order valence-electron chi connectivity index (χ4n) is 4.51. The zero-order valence-electron chi connectivity index (χ0n) is 19.6. The molecule has 1 heterocycles. The Kier molecular flexibility index (Phi) is 7.46. The predicted octanol–water partition coefficient (Wildman–Crippen LogP) is 4.95. The van der Waals surface area contributed by atoms with E-state index in [9.17, 15) is 8.42 Å². The number of methoxy groups -OCH3 is 1. The lowest BCUT2D eigenvalue weighted by atomic mass is 10.00. The number of nitrogens with zero attached hydrogens (tertiary/aromatic N) is 1. The number of fused-ring (bicyclic) bond motifs is 1. The molecule has 0 amide bonds. The van der Waals surface area contributed by atoms with Crippen molar-refractivity contribution in [2.24, 2.45) is 0 Å². The number of anilines is 2. The molecular weight excluding hydrogens is 458 g/mol. The van der Waals surface area contributed by atoms with Gasteiger partial charge in [-0.05, 0) is 57.5 Å². The molecule has 2 N–H and O–H groups in total. The van der Waals surface area contributed by atoms with Gasteiger partial charge in [-0.25, -0.2) is 8.42 Å². The maximum Gasteiger partial charge on any atom is 0.262 e. The lowest BCUT2D eigenvalue weighted by Crippen LogP contribution is -2.59. The largest absolute Gasteiger partial charge is 0.495 e. The average molecular weight is 490 g/mol. The van der Waals surface area contributed by atoms with Crippen molar-refractivity contribution in [3.8, 4) is 5.75 Å². The SMILES string of the molecule is COc1cc(C)ccc1NS(=O)(=O)c1ccc(N2CC(C)NC(C)C2C)c2ccccc12.Cl. The van der Waals surface area contributed by atoms with Gasteiger partial charge in [0, 0.05) is 41.1 Å². The summed E-state index contributed by atoms with van der Waals surface area (Å²) in [5.41, 5.74) is 2.47. The second-order valence-electron chi connectivity index (χ2n) is 8.69. The number of hydrogen-bond acceptors (Lipinski definition) is 5. The van der Waals surface area contributed by atoms with Crippen molar-refractivity contribution in [2.75, 3.05) is 23.3 Å². The molecule has 3 unspecified atom stereocenters. The predicted molar refractivity (Wildman–Crippen MR) is 139 cm³/mol. The van der Waals surface area contributed by atoms with Gasteiger partial charge >= 0.3 is 0 Å². The van der Waals surface area contributed by atoms with E-state index < -0.39 is 10.0 Å². The maximum atomic E-state index is 13.4. The molecule has 0 aromatic heterocycles. The van der Waals surface area contributed by atoms with E-state index in [2.05, 4.69) is 35.7 Å². The van der Waals surface area contributed by atoms with Crippen LogP contribution in [0.15, 0.2) is 59.5 Å². The number of halogens is 1. The molecule has 1 fully saturated rings. The van der Waals surface area contributed by atoms with Gasteiger partial charge in [0.2, 0.25) is 0 Å². The quantitative estimate of drug-likeness (QED) is 0.530. The minimum Gasteiger partial charge on any atom is -0.495 e. The standard InChI is InChI=1S/C25H31N3O3S.ClH/c1-16-10-11-22(24(14-16)31-5)27-32(29,30)25-13-12-23(20-8-6-7-9-21(20)25)28-15-17(2)26-18(3)19(28)4;/h6-14,17-19,26-27H,15H2,1-5H3;1H. The van der Waals surface area contributed by atoms with Crippen LogP contribution in [-0.2, 0) is 10.0 Å². The molecule has 1 aliphatic heterocycles. The Hall–Kier alpha value is -2.48. The van der Waals surface area contributed by atoms with E-state index in [1.807, 2.05) is 49.4 Å². The van der Waals surface area contributed by atoms with E-state index in [4.69, 9.17) is 4.74 Å². The number of ether oxygens (including phenoxy) is 1. The van der Waals surface area contributed by atoms with Crippen molar-refractivity contribution in [3.05, 3.63) is 60.2 Å². The Bertz CT molecular complexity index is 1250. The summed E-state index contributed by atoms with van der Waals surface area (Å²) in [4.78, 5) is 2.63. The highest BCUT2D eigenvalue weighted by Gasteiger charge is 2.30. The zero-order valence-corrected chi connectivity index (χ0v) is 21.3. The number of rotatable bonds is 5. The van der Waals surface area contributed by atoms with E-state index in [1.54, 1.807) is 12.1 Å². The first-order valence-corrected chi connectivity index (χ1v) is 12.4. The molecule has 33 heavy (non-hydrogen) atoms. The lowest BCUT2D eigenvalue weighted by Gasteiger charge is -2.44. The third-order valence-corrected chi connectivity index (χ3v) is 7.72. The number of hydrogen-bond donors (Lipinski definition) is 2. The van der Waals surface area contributed by atoms with Crippen LogP contribution >= 0.6 is 12.4 Å². The van der Waals surface area contributed by atoms with Gasteiger partial charge in [0.15, 0.2) is 0 Å². The van der Waals surface area contributed by atoms with Crippen molar-refractivity contribution >= 4 is 44.6 Å². The molecule has 3 aromatic rings. The second-order valence-corrected chi connectivity index (χ2v) is 10.3. The molecule has 0 spiro atoms. The fourth-order valence-corrected chi connectivity index (χ4v) is 5.80. The Morgan fingerprint density at radius 2 is 1.73 bits per heavy atom. The van der Waals surface area contributed by atoms with Crippen LogP contribution in [0.25, 0.3) is 10.8 Å². The number of aryl methyl sites for hydroxylation is 1. The van der Waals surface area contributed by atoms with Crippen LogP contribution in [0.2, 0.25) is 0 Å². The monoisotopic (exact) mass is 489 g/mol. The number of sulfonamides is 1. The van der Waals surface area contributed by atoms with Crippen molar-refractivity contribution < 1.29 is 13.2 Å². The lowest BCUT2D eigenvalue weighted by molar-refractivity contribution is 0.347. The molecule has 8 heteroatoms. The second kappa shape index (κ2) is 9.79. The molecule has 1 aliphatic rings. The molecule has 0 radical (unpaired) electrons. The average Bonchev–Trinajstić information content (AvgIpc) is 2.76. The van der Waals surface area contributed by atoms with Gasteiger partial charge < -0.3 is 15.0 Å². The van der Waals surface area contributed by atoms with Gasteiger partial charge in [0.25, 0.3) is 10.0 Å². The van der Waals surface area contributed by atoms with E-state index in [-0.39, 0.29) is 23.3 Å². The minimum atomic E-state index is -3.83. The molecule has 0 aliphatic carbocycles. The zero-order chi connectivity index (χ0) is 23.0. The van der Waals surface area contributed by atoms with Crippen molar-refractivity contribution in [3.63, 3.8) is 0 Å². The summed E-state index contributed by atoms with van der Waals surface area (Å²) in [6.07, 6.45) is 0. The van der Waals surface area contributed by atoms with Crippen LogP contribution in [-0.4, -0.2) is 40.2 Å². The van der Waals surface area contributed by atoms with Crippen LogP contribution in [0, 0.1) is 6.92 Å². The molecule has 0 bridgehead atoms. The third kappa shape index (κ3) is 4.90. The molecule has 1 saturated heterocycles. The third-order valence-electron chi connectivity index (χ3n) is 6.29. The Morgan fingerprint density at radius 3 is 2.42 bits per heavy atom. The number of nitrogens with one attached hydrogen (secondary N) is 2. The van der Waals surface area contributed by atoms with E-state index in [0.717, 1.165) is 23.2 Å². The van der Waals surface area contributed by atoms with Crippen molar-refractivity contribution in [2.45, 2.75) is 50.7 Å². The van der Waals surface area contributed by atoms with Crippen LogP contribution in [0.3, 0.4) is 0 Å². The summed E-state index contributed by atoms with van der Waals surface area (Å²) in [7, 11) is -2.29. The smallest absolute Gasteiger partial charge is 0.262 e. The molecule has 0 saturated carbocycles. The molecule has 3 aromatic carbocycles. The first-order chi connectivity index (χ1) is 15.2. The molecule has 6 nitrogen and oxygen atoms in total. The summed E-state index contributed by atoms with van der Waals surface area (Å²) in [5, 5.41) is 5.23. The molecule has 4 rings (SSSR count). The summed E-state index contributed by atoms with van der Waals surface area (Å²) in [6.45, 7) is 9.36. The highest BCUT2D eigenvalue weighted by molar-refractivity contribution is 7.93. The Morgan fingerprint density at radius 1 is 1.03 bits per heavy atom. The van der Waals surface area contributed by atoms with Gasteiger partial charge in [-0.15, -0.1) is 12.4 Å². The first-order valence-electron chi connectivity index (χ1n) is 10.9. The highest BCUT2D eigenvalue weighted by Crippen LogP contribution is 2.36. The summed E-state index contributed by atoms with van der Waals surface area (Å²) in [5.74, 6) is 0.493. The topological polar surface area (TPSA) is 70.7 Å². The minimum absolute atomic E-state index is 0. The van der Waals surface area contributed by atoms with E-state index >= 15 is 0 Å². The molecule has 178 valence electrons. The van der Waals surface area contributed by atoms with E-state index in [1.165, 1.54) is 7.11 Å². The number of piperazine rings is 1. The Balaban J connectivity index is 0.00000306. The molecular formula is C25H32ClN3O3S. The fraction of sp³-hybridized carbons (Fsp3) is 0.360. The van der Waals surface area contributed by atoms with Gasteiger partial charge in [0.1, 0.15) is 5.75 Å². The van der Waals surface area contributed by atoms with Gasteiger partial charge in [-0.3, -0.25) is 4.72 Å². The summed E-state index contributed by atoms with van der Waals surface area (Å²) in [6, 6.07) is 17.7. The van der Waals surface area contributed by atoms with Crippen LogP contribution in [0.5, 0.6) is 5.75 Å². The van der Waals surface area contributed by atoms with Crippen LogP contribution in [0.1, 0.15) is 26.3 Å². The van der Waals surface area contributed by atoms with E-state index in [0.29, 0.717) is 28.9 Å². The van der Waals surface area contributed by atoms with Gasteiger partial charge in [-0.2, -0.15) is 0 Å². The van der Waals surface area contributed by atoms with Gasteiger partial charge in [-0.1, -0.05) is 30.3 Å². The van der Waals surface area contributed by atoms with Crippen molar-refractivity contribution in [1.29, 1.82) is 0 Å². The normalized spacial score (nSPS) is 20.9. The number of benzene rings is 3. The summed E-state index contributed by atoms with van der Waals surface area (Å²) >= 11 is 0. The van der Waals surface area contributed by atoms with Crippen LogP contribution < -0.4 is 19.7 Å². The Labute approximate surface area is 202 Å². The van der Waals surface area contributed by atoms with Crippen LogP contribution in [0.4, 0.5) is 11.4 Å². The maximum absolute atomic E-state index is 13.4. The van der Waals surface area contributed by atoms with Gasteiger partial charge in [0.05, 0.1) is 17.7 Å². The van der Waals surface area contributed by atoms with Crippen molar-refractivity contribution in [1.82, 2.24) is 5.32 Å².